The number of nitrogens with zero attached hydrogens (tertiary/aromatic N) is 2. The van der Waals surface area contributed by atoms with E-state index in [1.165, 1.54) is 0 Å². The topological polar surface area (TPSA) is 42.0 Å². The van der Waals surface area contributed by atoms with Gasteiger partial charge in [-0.2, -0.15) is 0 Å². The third kappa shape index (κ3) is 3.43. The summed E-state index contributed by atoms with van der Waals surface area (Å²) < 4.78 is 17.2. The molecule has 130 valence electrons. The molecule has 4 heterocycles. The quantitative estimate of drug-likeness (QED) is 0.842. The molecule has 0 aliphatic carbocycles. The molecular weight excluding hydrogens is 304 g/mol. The van der Waals surface area contributed by atoms with Gasteiger partial charge in [-0.15, -0.1) is 0 Å². The van der Waals surface area contributed by atoms with E-state index in [0.717, 1.165) is 63.6 Å². The maximum Gasteiger partial charge on any atom is 0.117 e. The van der Waals surface area contributed by atoms with Gasteiger partial charge in [0, 0.05) is 19.1 Å². The molecule has 4 rings (SSSR count). The fourth-order valence-corrected chi connectivity index (χ4v) is 3.97. The van der Waals surface area contributed by atoms with Crippen LogP contribution in [0.5, 0.6) is 0 Å². The Kier molecular flexibility index (Phi) is 4.48. The van der Waals surface area contributed by atoms with Crippen LogP contribution in [0.15, 0.2) is 45.6 Å². The van der Waals surface area contributed by atoms with Crippen molar-refractivity contribution in [1.29, 1.82) is 0 Å². The van der Waals surface area contributed by atoms with Crippen molar-refractivity contribution in [2.45, 2.75) is 44.0 Å². The zero-order chi connectivity index (χ0) is 16.4. The van der Waals surface area contributed by atoms with Gasteiger partial charge >= 0.3 is 0 Å². The SMILES string of the molecule is CN(Cc1ccco1)[C@H]1COC2(CCN(Cc3ccco3)CC2)C1. The molecular formula is C19H26N2O3. The first-order valence-corrected chi connectivity index (χ1v) is 8.84. The van der Waals surface area contributed by atoms with Crippen LogP contribution in [0.2, 0.25) is 0 Å². The second-order valence-corrected chi connectivity index (χ2v) is 7.20. The lowest BCUT2D eigenvalue weighted by molar-refractivity contribution is -0.0461. The molecule has 0 unspecified atom stereocenters. The molecule has 2 saturated heterocycles. The molecule has 1 spiro atoms. The molecule has 5 nitrogen and oxygen atoms in total. The molecule has 2 aliphatic heterocycles. The molecule has 0 N–H and O–H groups in total. The van der Waals surface area contributed by atoms with Crippen LogP contribution >= 0.6 is 0 Å². The predicted octanol–water partition coefficient (Wildman–Crippen LogP) is 3.13. The zero-order valence-corrected chi connectivity index (χ0v) is 14.3. The second kappa shape index (κ2) is 6.75. The molecule has 0 radical (unpaired) electrons. The van der Waals surface area contributed by atoms with Crippen molar-refractivity contribution in [3.05, 3.63) is 48.3 Å². The van der Waals surface area contributed by atoms with E-state index in [9.17, 15) is 0 Å². The average Bonchev–Trinajstić information content (AvgIpc) is 3.33. The number of hydrogen-bond donors (Lipinski definition) is 0. The Hall–Kier alpha value is -1.56. The molecule has 0 aromatic carbocycles. The lowest BCUT2D eigenvalue weighted by atomic mass is 9.87. The molecule has 1 atom stereocenters. The fraction of sp³-hybridized carbons (Fsp3) is 0.579. The van der Waals surface area contributed by atoms with Crippen LogP contribution in [0, 0.1) is 0 Å². The van der Waals surface area contributed by atoms with E-state index in [-0.39, 0.29) is 5.60 Å². The number of hydrogen-bond acceptors (Lipinski definition) is 5. The molecule has 0 saturated carbocycles. The summed E-state index contributed by atoms with van der Waals surface area (Å²) in [5.74, 6) is 2.07. The van der Waals surface area contributed by atoms with Crippen molar-refractivity contribution >= 4 is 0 Å². The van der Waals surface area contributed by atoms with Crippen LogP contribution in [0.3, 0.4) is 0 Å². The highest BCUT2D eigenvalue weighted by molar-refractivity contribution is 5.02. The maximum absolute atomic E-state index is 6.30. The standard InChI is InChI=1S/C19H26N2O3/c1-20(13-17-4-2-10-22-17)16-12-19(24-15-16)6-8-21(9-7-19)14-18-5-3-11-23-18/h2-5,10-11,16H,6-9,12-15H2,1H3/t16-/m1/s1. The molecule has 5 heteroatoms. The van der Waals surface area contributed by atoms with Gasteiger partial charge in [-0.05, 0) is 50.6 Å². The summed E-state index contributed by atoms with van der Waals surface area (Å²) in [7, 11) is 2.17. The Bertz CT molecular complexity index is 615. The van der Waals surface area contributed by atoms with Crippen molar-refractivity contribution < 1.29 is 13.6 Å². The van der Waals surface area contributed by atoms with Crippen LogP contribution in [0.25, 0.3) is 0 Å². The minimum Gasteiger partial charge on any atom is -0.468 e. The summed E-state index contributed by atoms with van der Waals surface area (Å²) in [6.07, 6.45) is 6.83. The normalized spacial score (nSPS) is 24.2. The van der Waals surface area contributed by atoms with Gasteiger partial charge in [0.1, 0.15) is 11.5 Å². The number of piperidine rings is 1. The monoisotopic (exact) mass is 330 g/mol. The van der Waals surface area contributed by atoms with Crippen molar-refractivity contribution in [3.63, 3.8) is 0 Å². The van der Waals surface area contributed by atoms with Crippen LogP contribution in [0.1, 0.15) is 30.8 Å². The van der Waals surface area contributed by atoms with E-state index in [4.69, 9.17) is 13.6 Å². The smallest absolute Gasteiger partial charge is 0.117 e. The summed E-state index contributed by atoms with van der Waals surface area (Å²) in [4.78, 5) is 4.83. The zero-order valence-electron chi connectivity index (χ0n) is 14.3. The summed E-state index contributed by atoms with van der Waals surface area (Å²) in [6.45, 7) is 4.74. The van der Waals surface area contributed by atoms with Crippen molar-refractivity contribution in [1.82, 2.24) is 9.80 Å². The van der Waals surface area contributed by atoms with Gasteiger partial charge in [-0.1, -0.05) is 0 Å². The highest BCUT2D eigenvalue weighted by atomic mass is 16.5. The van der Waals surface area contributed by atoms with E-state index in [2.05, 4.69) is 22.9 Å². The van der Waals surface area contributed by atoms with E-state index in [1.807, 2.05) is 18.2 Å². The summed E-state index contributed by atoms with van der Waals surface area (Å²) in [5.41, 5.74) is 0.0712. The summed E-state index contributed by atoms with van der Waals surface area (Å²) in [6, 6.07) is 8.47. The first-order valence-electron chi connectivity index (χ1n) is 8.84. The van der Waals surface area contributed by atoms with Crippen molar-refractivity contribution in [2.24, 2.45) is 0 Å². The maximum atomic E-state index is 6.30. The third-order valence-corrected chi connectivity index (χ3v) is 5.53. The molecule has 24 heavy (non-hydrogen) atoms. The largest absolute Gasteiger partial charge is 0.468 e. The van der Waals surface area contributed by atoms with Gasteiger partial charge < -0.3 is 13.6 Å². The minimum absolute atomic E-state index is 0.0712. The van der Waals surface area contributed by atoms with Crippen LogP contribution in [-0.4, -0.2) is 48.2 Å². The molecule has 0 bridgehead atoms. The summed E-state index contributed by atoms with van der Waals surface area (Å²) >= 11 is 0. The minimum atomic E-state index is 0.0712. The van der Waals surface area contributed by atoms with Crippen molar-refractivity contribution in [2.75, 3.05) is 26.7 Å². The van der Waals surface area contributed by atoms with E-state index in [1.54, 1.807) is 12.5 Å². The van der Waals surface area contributed by atoms with Crippen LogP contribution in [0.4, 0.5) is 0 Å². The lowest BCUT2D eigenvalue weighted by Crippen LogP contribution is -2.44. The van der Waals surface area contributed by atoms with Gasteiger partial charge in [-0.25, -0.2) is 0 Å². The Balaban J connectivity index is 1.28. The highest BCUT2D eigenvalue weighted by Crippen LogP contribution is 2.38. The predicted molar refractivity (Wildman–Crippen MR) is 90.5 cm³/mol. The van der Waals surface area contributed by atoms with Crippen LogP contribution < -0.4 is 0 Å². The first-order chi connectivity index (χ1) is 11.7. The molecule has 2 aromatic heterocycles. The Morgan fingerprint density at radius 2 is 1.83 bits per heavy atom. The lowest BCUT2D eigenvalue weighted by Gasteiger charge is -2.38. The summed E-state index contributed by atoms with van der Waals surface area (Å²) in [5, 5.41) is 0. The Morgan fingerprint density at radius 1 is 1.12 bits per heavy atom. The average molecular weight is 330 g/mol. The van der Waals surface area contributed by atoms with Gasteiger partial charge in [0.05, 0.1) is 37.8 Å². The molecule has 2 aromatic rings. The second-order valence-electron chi connectivity index (χ2n) is 7.20. The number of likely N-dealkylation sites (N-methyl/N-ethyl adjacent to an activating group) is 1. The van der Waals surface area contributed by atoms with E-state index in [0.29, 0.717) is 6.04 Å². The van der Waals surface area contributed by atoms with Gasteiger partial charge in [0.25, 0.3) is 0 Å². The van der Waals surface area contributed by atoms with Crippen molar-refractivity contribution in [3.8, 4) is 0 Å². The first kappa shape index (κ1) is 15.9. The third-order valence-electron chi connectivity index (χ3n) is 5.53. The Morgan fingerprint density at radius 3 is 2.50 bits per heavy atom. The van der Waals surface area contributed by atoms with Crippen LogP contribution in [-0.2, 0) is 17.8 Å². The number of rotatable bonds is 5. The molecule has 0 amide bonds. The van der Waals surface area contributed by atoms with Gasteiger partial charge in [0.15, 0.2) is 0 Å². The number of ether oxygens (including phenoxy) is 1. The van der Waals surface area contributed by atoms with Gasteiger partial charge in [-0.3, -0.25) is 9.80 Å². The van der Waals surface area contributed by atoms with E-state index >= 15 is 0 Å². The number of furan rings is 2. The van der Waals surface area contributed by atoms with E-state index < -0.39 is 0 Å². The fourth-order valence-electron chi connectivity index (χ4n) is 3.97. The highest BCUT2D eigenvalue weighted by Gasteiger charge is 2.43. The number of likely N-dealkylation sites (tertiary alicyclic amines) is 1. The Labute approximate surface area is 143 Å². The molecule has 2 aliphatic rings. The van der Waals surface area contributed by atoms with Gasteiger partial charge in [0.2, 0.25) is 0 Å². The molecule has 2 fully saturated rings.